The van der Waals surface area contributed by atoms with Gasteiger partial charge in [-0.05, 0) is 184 Å². The Kier molecular flexibility index (Phi) is 17.2. The van der Waals surface area contributed by atoms with Crippen LogP contribution in [-0.4, -0.2) is 136 Å². The van der Waals surface area contributed by atoms with Gasteiger partial charge in [0.2, 0.25) is 0 Å². The number of aromatic nitrogens is 1. The fourth-order valence-corrected chi connectivity index (χ4v) is 24.7. The van der Waals surface area contributed by atoms with Crippen molar-refractivity contribution in [2.45, 2.75) is 171 Å². The summed E-state index contributed by atoms with van der Waals surface area (Å²) in [7, 11) is 3.12. The molecule has 14 N–H and O–H groups in total. The van der Waals surface area contributed by atoms with E-state index in [1.165, 1.54) is 5.57 Å². The van der Waals surface area contributed by atoms with Crippen molar-refractivity contribution in [3.05, 3.63) is 76.8 Å². The molecule has 2 aromatic rings. The first-order valence-corrected chi connectivity index (χ1v) is 35.6. The van der Waals surface area contributed by atoms with Crippen LogP contribution >= 0.6 is 21.6 Å². The number of carbonyl (C=O) groups is 3. The third-order valence-electron chi connectivity index (χ3n) is 25.4. The summed E-state index contributed by atoms with van der Waals surface area (Å²) in [5.41, 5.74) is 9.81. The summed E-state index contributed by atoms with van der Waals surface area (Å²) < 4.78 is 5.98. The van der Waals surface area contributed by atoms with E-state index in [4.69, 9.17) is 21.2 Å². The lowest BCUT2D eigenvalue weighted by Crippen LogP contribution is -2.73. The molecule has 0 radical (unpaired) electrons. The van der Waals surface area contributed by atoms with E-state index in [1.54, 1.807) is 46.8 Å². The van der Waals surface area contributed by atoms with Crippen LogP contribution in [-0.2, 0) is 19.1 Å². The molecule has 17 nitrogen and oxygen atoms in total. The predicted octanol–water partition coefficient (Wildman–Crippen LogP) is 6.59. The molecule has 0 unspecified atom stereocenters. The number of esters is 1. The number of phenolic OH excluding ortho intramolecular Hbond substituents is 1. The average Bonchev–Trinajstić information content (AvgIpc) is 1.28. The van der Waals surface area contributed by atoms with Crippen LogP contribution in [0.5, 0.6) is 5.75 Å². The highest BCUT2D eigenvalue weighted by atomic mass is 33.1. The highest BCUT2D eigenvalue weighted by Gasteiger charge is 2.80. The second kappa shape index (κ2) is 24.3. The Morgan fingerprint density at radius 1 is 0.875 bits per heavy atom. The van der Waals surface area contributed by atoms with Gasteiger partial charge in [-0.3, -0.25) is 19.4 Å². The van der Waals surface area contributed by atoms with Crippen molar-refractivity contribution < 1.29 is 60.0 Å². The van der Waals surface area contributed by atoms with Gasteiger partial charge in [0.25, 0.3) is 0 Å². The Morgan fingerprint density at radius 2 is 1.65 bits per heavy atom. The zero-order chi connectivity index (χ0) is 61.8. The number of rotatable bonds is 7. The van der Waals surface area contributed by atoms with Crippen molar-refractivity contribution in [3.8, 4) is 17.6 Å². The van der Waals surface area contributed by atoms with Gasteiger partial charge in [0.1, 0.15) is 5.75 Å². The summed E-state index contributed by atoms with van der Waals surface area (Å²) in [4.78, 5) is 53.4. The van der Waals surface area contributed by atoms with E-state index in [2.05, 4.69) is 35.1 Å². The van der Waals surface area contributed by atoms with Gasteiger partial charge in [0.05, 0.1) is 54.3 Å². The first-order valence-electron chi connectivity index (χ1n) is 33.1. The number of guanidine groups is 1. The largest absolute Gasteiger partial charge is 0.508 e. The number of aromatic amines is 1. The van der Waals surface area contributed by atoms with Crippen LogP contribution in [0.3, 0.4) is 0 Å². The SMILES string of the molecule is C[C@@H]1CCC2=CC[C@@H]3[C@@H](C[C@H]([C@@H]4COC(=O)[C@H]4c4cc[nH]c4)C#CC[C@H]4C[C@@]5(O)C6=C7NCC(=O)C[C@H](c8ccc(O)cc8)CSSC[C@@H]8[C@@H](O)[C@@H](O)C[C@](C9CCCC9)([C@H]6[C@@H]6CC[C@@H](CN=C(N)N)[C@@]5(C6)[C@H]4[C@@](C)(O)[C@H](O)C[C@H]3C(O)O)[C@@H]8C7=O)[C@H]2C1. The molecule has 1 aromatic carbocycles. The highest BCUT2D eigenvalue weighted by molar-refractivity contribution is 8.76. The molecule has 2 aliphatic heterocycles. The van der Waals surface area contributed by atoms with Gasteiger partial charge in [0.15, 0.2) is 23.8 Å². The number of hydrogen-bond donors (Lipinski definition) is 12. The number of ether oxygens (including phenoxy) is 1. The minimum absolute atomic E-state index is 0.0137. The summed E-state index contributed by atoms with van der Waals surface area (Å²) in [5.74, 6) is 0.492. The first kappa shape index (κ1) is 62.4. The Morgan fingerprint density at radius 3 is 2.39 bits per heavy atom. The molecule has 4 bridgehead atoms. The normalized spacial score (nSPS) is 44.6. The lowest BCUT2D eigenvalue weighted by atomic mass is 9.35. The highest BCUT2D eigenvalue weighted by Crippen LogP contribution is 2.79. The molecule has 1 aromatic heterocycles. The lowest BCUT2D eigenvalue weighted by Gasteiger charge is -2.70. The van der Waals surface area contributed by atoms with E-state index < -0.39 is 99.9 Å². The molecule has 19 heteroatoms. The summed E-state index contributed by atoms with van der Waals surface area (Å²) in [5, 5.41) is 105. The first-order chi connectivity index (χ1) is 42.2. The van der Waals surface area contributed by atoms with E-state index in [0.717, 1.165) is 56.1 Å². The molecule has 88 heavy (non-hydrogen) atoms. The topological polar surface area (TPSA) is 315 Å². The maximum atomic E-state index is 16.8. The number of nitrogens with one attached hydrogen (secondary N) is 2. The van der Waals surface area contributed by atoms with Crippen LogP contribution in [0.15, 0.2) is 70.6 Å². The fourth-order valence-electron chi connectivity index (χ4n) is 21.9. The Labute approximate surface area is 525 Å². The van der Waals surface area contributed by atoms with Crippen molar-refractivity contribution in [1.82, 2.24) is 10.3 Å². The zero-order valence-corrected chi connectivity index (χ0v) is 52.6. The van der Waals surface area contributed by atoms with Crippen LogP contribution in [0.25, 0.3) is 0 Å². The molecule has 23 atom stereocenters. The number of phenols is 1. The Hall–Kier alpha value is -4.36. The molecule has 11 aliphatic rings. The molecular formula is C69H93N5O12S2. The van der Waals surface area contributed by atoms with Crippen LogP contribution in [0, 0.1) is 111 Å². The van der Waals surface area contributed by atoms with Gasteiger partial charge in [-0.1, -0.05) is 71.1 Å². The Balaban J connectivity index is 1.01. The number of nitrogens with zero attached hydrogens (tertiary/aromatic N) is 1. The second-order valence-electron chi connectivity index (χ2n) is 29.6. The number of hydrogen-bond acceptors (Lipinski definition) is 16. The summed E-state index contributed by atoms with van der Waals surface area (Å²) >= 11 is 0. The number of aliphatic hydroxyl groups excluding tert-OH is 4. The summed E-state index contributed by atoms with van der Waals surface area (Å²) in [6.07, 6.45) is 9.06. The number of carbonyl (C=O) groups excluding carboxylic acids is 3. The quantitative estimate of drug-likeness (QED) is 0.0265. The van der Waals surface area contributed by atoms with Crippen molar-refractivity contribution in [2.75, 3.05) is 31.2 Å². The maximum Gasteiger partial charge on any atom is 0.313 e. The number of aromatic hydroxyl groups is 1. The number of cyclic esters (lactones) is 1. The fraction of sp³-hybridized carbons (Fsp3) is 0.710. The third-order valence-corrected chi connectivity index (χ3v) is 27.9. The van der Waals surface area contributed by atoms with Gasteiger partial charge in [-0.25, -0.2) is 0 Å². The van der Waals surface area contributed by atoms with E-state index in [1.807, 2.05) is 24.4 Å². The number of nitrogens with two attached hydrogens (primary N) is 2. The number of benzene rings is 1. The number of ketones is 2. The van der Waals surface area contributed by atoms with Crippen LogP contribution in [0.2, 0.25) is 0 Å². The minimum Gasteiger partial charge on any atom is -0.508 e. The average molecular weight is 1250 g/mol. The van der Waals surface area contributed by atoms with Crippen molar-refractivity contribution in [3.63, 3.8) is 0 Å². The third kappa shape index (κ3) is 10.3. The second-order valence-corrected chi connectivity index (χ2v) is 32.1. The molecule has 13 rings (SSSR count). The molecule has 3 heterocycles. The molecule has 8 fully saturated rings. The summed E-state index contributed by atoms with van der Waals surface area (Å²) in [6.45, 7) is 3.86. The number of aliphatic imine (C=N–C) groups is 1. The summed E-state index contributed by atoms with van der Waals surface area (Å²) in [6, 6.07) is 8.77. The number of Topliss-reactive ketones (excluding diaryl/α,β-unsaturated/α-hetero) is 2. The number of H-pyrrole nitrogens is 1. The number of fused-ring (bicyclic) bond motifs is 10. The number of aliphatic hydroxyl groups is 7. The van der Waals surface area contributed by atoms with Crippen LogP contribution in [0.1, 0.15) is 146 Å². The molecule has 2 saturated heterocycles. The molecular weight excluding hydrogens is 1150 g/mol. The maximum absolute atomic E-state index is 16.8. The molecule has 478 valence electrons. The smallest absolute Gasteiger partial charge is 0.313 e. The van der Waals surface area contributed by atoms with Gasteiger partial charge in [-0.15, -0.1) is 5.92 Å². The van der Waals surface area contributed by atoms with Crippen molar-refractivity contribution in [1.29, 1.82) is 0 Å². The van der Waals surface area contributed by atoms with E-state index in [-0.39, 0.29) is 128 Å². The molecule has 1 spiro atoms. The Bertz CT molecular complexity index is 3120. The zero-order valence-electron chi connectivity index (χ0n) is 50.9. The number of allylic oxidation sites excluding steroid dienone is 3. The molecule has 6 saturated carbocycles. The molecule has 9 aliphatic carbocycles. The van der Waals surface area contributed by atoms with Gasteiger partial charge < -0.3 is 67.4 Å². The lowest BCUT2D eigenvalue weighted by molar-refractivity contribution is -0.239. The van der Waals surface area contributed by atoms with Crippen molar-refractivity contribution in [2.24, 2.45) is 116 Å². The van der Waals surface area contributed by atoms with Gasteiger partial charge in [-0.2, -0.15) is 0 Å². The van der Waals surface area contributed by atoms with Crippen LogP contribution in [0.4, 0.5) is 0 Å². The molecule has 0 amide bonds. The van der Waals surface area contributed by atoms with Crippen molar-refractivity contribution >= 4 is 45.1 Å². The standard InChI is InChI=1S/C69H93N5O12S2/c1-35-10-11-37-15-19-47-49(48(37)22-35)24-38(51-32-86-64(83)55(51)41-20-21-72-29-41)6-5-7-40-27-69(85)58-56(39-12-16-44(30-74-65(70)71)68(69,26-39)62(40)66(2,84)54(78)25-50(47)63(81)82)67(43-8-3-4-9-43)28-53(77)60(79)52-34-88-87-33-42(36-13-17-45(75)18-14-36)23-46(76)31-73-59(58)61(80)57(52)67/h13-15,17-18,20-21,29,35,38-40,42-44,47-57,60,62-63,72-73,75,77-79,81-82,84-85H,3-4,7-12,16,19,22-28,30-34H2,1-2H3,(H4,70,71,74)/t35-,38-,39-,40+,42+,44+,47-,48+,49-,50-,51+,52+,53+,54-,55+,56+,57+,60-,62-,66+,67+,68+,69-/m1/s1. The van der Waals surface area contributed by atoms with Gasteiger partial charge >= 0.3 is 5.97 Å². The minimum atomic E-state index is -2.06. The van der Waals surface area contributed by atoms with E-state index in [9.17, 15) is 45.3 Å². The van der Waals surface area contributed by atoms with E-state index >= 15 is 9.90 Å². The van der Waals surface area contributed by atoms with E-state index in [0.29, 0.717) is 55.1 Å². The predicted molar refractivity (Wildman–Crippen MR) is 335 cm³/mol. The van der Waals surface area contributed by atoms with Crippen LogP contribution < -0.4 is 16.8 Å². The van der Waals surface area contributed by atoms with Gasteiger partial charge in [0, 0.05) is 90.1 Å². The monoisotopic (exact) mass is 1250 g/mol.